The van der Waals surface area contributed by atoms with Gasteiger partial charge in [-0.15, -0.1) is 0 Å². The maximum Gasteiger partial charge on any atom is 0.291 e. The second-order valence-corrected chi connectivity index (χ2v) is 8.39. The molecule has 0 unspecified atom stereocenters. The molecule has 0 fully saturated rings. The molecule has 0 aliphatic heterocycles. The Hall–Kier alpha value is -3.29. The number of fused-ring (bicyclic) bond motifs is 1. The number of ether oxygens (including phenoxy) is 1. The maximum atomic E-state index is 12.9. The van der Waals surface area contributed by atoms with Gasteiger partial charge in [0.2, 0.25) is 0 Å². The fourth-order valence-electron chi connectivity index (χ4n) is 3.82. The third kappa shape index (κ3) is 4.89. The molecule has 1 aliphatic rings. The van der Waals surface area contributed by atoms with E-state index in [-0.39, 0.29) is 11.7 Å². The number of para-hydroxylation sites is 1. The number of halogens is 2. The van der Waals surface area contributed by atoms with Crippen LogP contribution in [0.5, 0.6) is 5.75 Å². The first-order chi connectivity index (χ1) is 15.9. The number of methoxy groups -OCH3 is 1. The molecule has 2 aromatic carbocycles. The highest BCUT2D eigenvalue weighted by Gasteiger charge is 2.28. The normalized spacial score (nSPS) is 14.0. The van der Waals surface area contributed by atoms with Gasteiger partial charge in [-0.2, -0.15) is 5.10 Å². The average Bonchev–Trinajstić information content (AvgIpc) is 3.14. The highest BCUT2D eigenvalue weighted by Crippen LogP contribution is 2.31. The fourth-order valence-corrected chi connectivity index (χ4v) is 4.35. The van der Waals surface area contributed by atoms with Gasteiger partial charge in [0.05, 0.1) is 18.4 Å². The number of furan rings is 1. The Morgan fingerprint density at radius 1 is 1.06 bits per heavy atom. The third-order valence-corrected chi connectivity index (χ3v) is 5.73. The van der Waals surface area contributed by atoms with Crippen LogP contribution in [0, 0.1) is 6.92 Å². The lowest BCUT2D eigenvalue weighted by Crippen LogP contribution is -2.22. The van der Waals surface area contributed by atoms with Crippen LogP contribution >= 0.6 is 23.2 Å². The first-order valence-corrected chi connectivity index (χ1v) is 11.0. The minimum absolute atomic E-state index is 0.182. The highest BCUT2D eigenvalue weighted by molar-refractivity contribution is 6.35. The van der Waals surface area contributed by atoms with Crippen LogP contribution in [-0.2, 0) is 6.42 Å². The van der Waals surface area contributed by atoms with Crippen molar-refractivity contribution in [2.75, 3.05) is 12.4 Å². The lowest BCUT2D eigenvalue weighted by atomic mass is 9.93. The second kappa shape index (κ2) is 9.68. The fraction of sp³-hybridized carbons (Fsp3) is 0.208. The average molecular weight is 486 g/mol. The van der Waals surface area contributed by atoms with Crippen molar-refractivity contribution in [3.8, 4) is 5.75 Å². The van der Waals surface area contributed by atoms with Crippen LogP contribution in [0.25, 0.3) is 0 Å². The second-order valence-electron chi connectivity index (χ2n) is 7.52. The van der Waals surface area contributed by atoms with Crippen molar-refractivity contribution in [2.24, 2.45) is 5.10 Å². The number of nitrogens with one attached hydrogen (secondary N) is 2. The van der Waals surface area contributed by atoms with E-state index in [0.29, 0.717) is 56.9 Å². The zero-order chi connectivity index (χ0) is 23.5. The number of hydrazone groups is 1. The molecule has 2 N–H and O–H groups in total. The van der Waals surface area contributed by atoms with Crippen LogP contribution in [0.3, 0.4) is 0 Å². The molecule has 0 spiro atoms. The first-order valence-electron chi connectivity index (χ1n) is 10.3. The van der Waals surface area contributed by atoms with Gasteiger partial charge in [0.25, 0.3) is 11.8 Å². The Morgan fingerprint density at radius 2 is 1.79 bits per heavy atom. The third-order valence-electron chi connectivity index (χ3n) is 5.30. The molecule has 0 saturated heterocycles. The summed E-state index contributed by atoms with van der Waals surface area (Å²) in [4.78, 5) is 25.5. The number of hydrogen-bond donors (Lipinski definition) is 2. The Morgan fingerprint density at radius 3 is 2.52 bits per heavy atom. The van der Waals surface area contributed by atoms with Crippen molar-refractivity contribution in [1.82, 2.24) is 5.43 Å². The Labute approximate surface area is 200 Å². The number of hydrogen-bond acceptors (Lipinski definition) is 5. The highest BCUT2D eigenvalue weighted by atomic mass is 35.5. The molecule has 0 radical (unpaired) electrons. The number of carbonyl (C=O) groups excluding carboxylic acids is 2. The van der Waals surface area contributed by atoms with Gasteiger partial charge in [0, 0.05) is 33.3 Å². The van der Waals surface area contributed by atoms with Gasteiger partial charge in [0.15, 0.2) is 5.76 Å². The monoisotopic (exact) mass is 485 g/mol. The Kier molecular flexibility index (Phi) is 6.72. The lowest BCUT2D eigenvalue weighted by molar-refractivity contribution is 0.0950. The zero-order valence-electron chi connectivity index (χ0n) is 18.0. The molecular formula is C24H21Cl2N3O4. The lowest BCUT2D eigenvalue weighted by Gasteiger charge is -2.14. The Balaban J connectivity index is 1.58. The molecule has 170 valence electrons. The van der Waals surface area contributed by atoms with E-state index in [1.54, 1.807) is 49.4 Å². The summed E-state index contributed by atoms with van der Waals surface area (Å²) in [6.07, 6.45) is 2.10. The number of benzene rings is 2. The number of amides is 2. The van der Waals surface area contributed by atoms with Crippen molar-refractivity contribution in [3.63, 3.8) is 0 Å². The van der Waals surface area contributed by atoms with Crippen LogP contribution in [0.4, 0.5) is 5.69 Å². The van der Waals surface area contributed by atoms with Crippen LogP contribution in [0.15, 0.2) is 52.0 Å². The van der Waals surface area contributed by atoms with Crippen molar-refractivity contribution in [3.05, 3.63) is 80.7 Å². The molecule has 0 saturated carbocycles. The van der Waals surface area contributed by atoms with Crippen LogP contribution in [-0.4, -0.2) is 24.6 Å². The van der Waals surface area contributed by atoms with E-state index in [0.717, 1.165) is 12.0 Å². The van der Waals surface area contributed by atoms with E-state index in [9.17, 15) is 9.59 Å². The van der Waals surface area contributed by atoms with E-state index < -0.39 is 5.91 Å². The number of nitrogens with zero attached hydrogens (tertiary/aromatic N) is 1. The molecule has 7 nitrogen and oxygen atoms in total. The topological polar surface area (TPSA) is 92.9 Å². The van der Waals surface area contributed by atoms with E-state index in [4.69, 9.17) is 32.4 Å². The predicted molar refractivity (Wildman–Crippen MR) is 128 cm³/mol. The molecule has 2 amide bonds. The van der Waals surface area contributed by atoms with E-state index in [1.165, 1.54) is 7.11 Å². The quantitative estimate of drug-likeness (QED) is 0.458. The van der Waals surface area contributed by atoms with Crippen molar-refractivity contribution >= 4 is 46.4 Å². The minimum atomic E-state index is -0.419. The molecule has 4 rings (SSSR count). The predicted octanol–water partition coefficient (Wildman–Crippen LogP) is 5.63. The number of anilines is 1. The minimum Gasteiger partial charge on any atom is -0.496 e. The summed E-state index contributed by atoms with van der Waals surface area (Å²) in [5.74, 6) is 0.501. The molecule has 33 heavy (non-hydrogen) atoms. The summed E-state index contributed by atoms with van der Waals surface area (Å²) < 4.78 is 11.1. The molecule has 1 heterocycles. The molecule has 0 bridgehead atoms. The molecule has 1 aliphatic carbocycles. The molecule has 0 atom stereocenters. The van der Waals surface area contributed by atoms with Crippen LogP contribution in [0.2, 0.25) is 10.0 Å². The van der Waals surface area contributed by atoms with Gasteiger partial charge in [-0.3, -0.25) is 9.59 Å². The van der Waals surface area contributed by atoms with Crippen molar-refractivity contribution < 1.29 is 18.7 Å². The van der Waals surface area contributed by atoms with Gasteiger partial charge in [-0.1, -0.05) is 35.3 Å². The first kappa shape index (κ1) is 22.9. The SMILES string of the molecule is COc1ccccc1C(=O)N/N=C1\CCCc2oc(C(=O)Nc3cc(Cl)cc(Cl)c3)c(C)c21. The van der Waals surface area contributed by atoms with Gasteiger partial charge >= 0.3 is 0 Å². The number of carbonyl (C=O) groups is 2. The van der Waals surface area contributed by atoms with E-state index >= 15 is 0 Å². The van der Waals surface area contributed by atoms with Gasteiger partial charge in [-0.05, 0) is 50.1 Å². The van der Waals surface area contributed by atoms with E-state index in [1.807, 2.05) is 0 Å². The van der Waals surface area contributed by atoms with Gasteiger partial charge < -0.3 is 14.5 Å². The summed E-state index contributed by atoms with van der Waals surface area (Å²) in [5.41, 5.74) is 5.50. The smallest absolute Gasteiger partial charge is 0.291 e. The maximum absolute atomic E-state index is 12.9. The summed E-state index contributed by atoms with van der Waals surface area (Å²) in [6.45, 7) is 1.80. The molecule has 1 aromatic heterocycles. The summed E-state index contributed by atoms with van der Waals surface area (Å²) in [5, 5.41) is 7.94. The van der Waals surface area contributed by atoms with E-state index in [2.05, 4.69) is 15.8 Å². The number of rotatable bonds is 5. The van der Waals surface area contributed by atoms with Crippen LogP contribution < -0.4 is 15.5 Å². The zero-order valence-corrected chi connectivity index (χ0v) is 19.5. The van der Waals surface area contributed by atoms with Gasteiger partial charge in [0.1, 0.15) is 11.5 Å². The summed E-state index contributed by atoms with van der Waals surface area (Å²) in [7, 11) is 1.50. The largest absolute Gasteiger partial charge is 0.496 e. The summed E-state index contributed by atoms with van der Waals surface area (Å²) >= 11 is 12.0. The summed E-state index contributed by atoms with van der Waals surface area (Å²) in [6, 6.07) is 11.7. The number of aryl methyl sites for hydroxylation is 1. The molecule has 9 heteroatoms. The van der Waals surface area contributed by atoms with Crippen molar-refractivity contribution in [1.29, 1.82) is 0 Å². The van der Waals surface area contributed by atoms with Gasteiger partial charge in [-0.25, -0.2) is 5.43 Å². The Bertz CT molecular complexity index is 1250. The molecule has 3 aromatic rings. The van der Waals surface area contributed by atoms with Crippen LogP contribution in [0.1, 0.15) is 50.6 Å². The standard InChI is InChI=1S/C24H21Cl2N3O4/c1-13-21-18(28-29-23(30)17-6-3-4-8-19(17)32-2)7-5-9-20(21)33-22(13)24(31)27-16-11-14(25)10-15(26)12-16/h3-4,6,8,10-12H,5,7,9H2,1-2H3,(H,27,31)(H,29,30)/b28-18+. The molecular weight excluding hydrogens is 465 g/mol. The van der Waals surface area contributed by atoms with Crippen molar-refractivity contribution in [2.45, 2.75) is 26.2 Å².